The van der Waals surface area contributed by atoms with E-state index in [-0.39, 0.29) is 11.5 Å². The number of H-pyrrole nitrogens is 1. The molecular weight excluding hydrogens is 294 g/mol. The lowest BCUT2D eigenvalue weighted by molar-refractivity contribution is -0.119. The third-order valence-electron chi connectivity index (χ3n) is 4.48. The standard InChI is InChI=1S/C17H21N3O3/c1-23-13-2-3-14-12(8-13)9-15(19-17(14)22)11-4-6-20(7-5-11)10-16(18)21/h2-3,8-9,11H,4-7,10H2,1H3,(H2,18,21)(H,19,22). The number of benzene rings is 1. The first-order chi connectivity index (χ1) is 11.1. The Morgan fingerprint density at radius 3 is 2.74 bits per heavy atom. The van der Waals surface area contributed by atoms with Crippen molar-refractivity contribution in [2.24, 2.45) is 5.73 Å². The normalized spacial score (nSPS) is 16.6. The van der Waals surface area contributed by atoms with Gasteiger partial charge in [0.2, 0.25) is 5.91 Å². The molecule has 1 saturated heterocycles. The van der Waals surface area contributed by atoms with E-state index in [0.717, 1.165) is 42.8 Å². The van der Waals surface area contributed by atoms with Gasteiger partial charge in [-0.2, -0.15) is 0 Å². The van der Waals surface area contributed by atoms with Gasteiger partial charge in [-0.1, -0.05) is 0 Å². The third-order valence-corrected chi connectivity index (χ3v) is 4.48. The number of hydrogen-bond donors (Lipinski definition) is 2. The third kappa shape index (κ3) is 3.37. The first-order valence-electron chi connectivity index (χ1n) is 7.78. The molecule has 122 valence electrons. The maximum atomic E-state index is 12.3. The number of likely N-dealkylation sites (tertiary alicyclic amines) is 1. The molecule has 6 nitrogen and oxygen atoms in total. The van der Waals surface area contributed by atoms with Crippen LogP contribution >= 0.6 is 0 Å². The summed E-state index contributed by atoms with van der Waals surface area (Å²) in [5.74, 6) is 0.738. The molecule has 0 radical (unpaired) electrons. The number of methoxy groups -OCH3 is 1. The minimum atomic E-state index is -0.297. The number of aromatic amines is 1. The molecule has 1 aliphatic rings. The number of carbonyl (C=O) groups is 1. The van der Waals surface area contributed by atoms with E-state index in [0.29, 0.717) is 17.8 Å². The Morgan fingerprint density at radius 1 is 1.35 bits per heavy atom. The molecule has 23 heavy (non-hydrogen) atoms. The van der Waals surface area contributed by atoms with Gasteiger partial charge in [0, 0.05) is 17.0 Å². The molecule has 1 aliphatic heterocycles. The van der Waals surface area contributed by atoms with E-state index >= 15 is 0 Å². The number of fused-ring (bicyclic) bond motifs is 1. The molecule has 0 saturated carbocycles. The van der Waals surface area contributed by atoms with Crippen LogP contribution in [0.2, 0.25) is 0 Å². The van der Waals surface area contributed by atoms with Gasteiger partial charge in [0.15, 0.2) is 0 Å². The monoisotopic (exact) mass is 315 g/mol. The van der Waals surface area contributed by atoms with Crippen LogP contribution in [0.4, 0.5) is 0 Å². The van der Waals surface area contributed by atoms with Crippen molar-refractivity contribution in [1.29, 1.82) is 0 Å². The summed E-state index contributed by atoms with van der Waals surface area (Å²) in [6, 6.07) is 7.50. The zero-order valence-electron chi connectivity index (χ0n) is 13.2. The Kier molecular flexibility index (Phi) is 4.34. The smallest absolute Gasteiger partial charge is 0.256 e. The molecule has 1 aromatic heterocycles. The number of amides is 1. The second-order valence-electron chi connectivity index (χ2n) is 6.02. The number of nitrogens with two attached hydrogens (primary N) is 1. The molecule has 2 aromatic rings. The molecule has 1 fully saturated rings. The average molecular weight is 315 g/mol. The Hall–Kier alpha value is -2.34. The minimum absolute atomic E-state index is 0.0697. The summed E-state index contributed by atoms with van der Waals surface area (Å²) in [6.07, 6.45) is 1.80. The van der Waals surface area contributed by atoms with Crippen molar-refractivity contribution in [2.45, 2.75) is 18.8 Å². The fourth-order valence-electron chi connectivity index (χ4n) is 3.24. The number of carbonyl (C=O) groups excluding carboxylic acids is 1. The van der Waals surface area contributed by atoms with E-state index < -0.39 is 0 Å². The van der Waals surface area contributed by atoms with E-state index in [1.807, 2.05) is 12.1 Å². The molecule has 0 aliphatic carbocycles. The lowest BCUT2D eigenvalue weighted by Gasteiger charge is -2.31. The number of pyridine rings is 1. The number of primary amides is 1. The lowest BCUT2D eigenvalue weighted by atomic mass is 9.92. The maximum absolute atomic E-state index is 12.3. The zero-order chi connectivity index (χ0) is 16.4. The van der Waals surface area contributed by atoms with Crippen molar-refractivity contribution in [1.82, 2.24) is 9.88 Å². The van der Waals surface area contributed by atoms with E-state index in [4.69, 9.17) is 10.5 Å². The van der Waals surface area contributed by atoms with Crippen molar-refractivity contribution in [3.8, 4) is 5.75 Å². The van der Waals surface area contributed by atoms with Gasteiger partial charge in [-0.05, 0) is 55.6 Å². The van der Waals surface area contributed by atoms with Gasteiger partial charge in [0.25, 0.3) is 5.56 Å². The number of rotatable bonds is 4. The summed E-state index contributed by atoms with van der Waals surface area (Å²) in [5, 5.41) is 1.56. The van der Waals surface area contributed by atoms with Crippen LogP contribution in [0.3, 0.4) is 0 Å². The molecule has 1 aromatic carbocycles. The molecule has 2 heterocycles. The highest BCUT2D eigenvalue weighted by Crippen LogP contribution is 2.28. The lowest BCUT2D eigenvalue weighted by Crippen LogP contribution is -2.39. The van der Waals surface area contributed by atoms with Crippen molar-refractivity contribution >= 4 is 16.7 Å². The quantitative estimate of drug-likeness (QED) is 0.887. The van der Waals surface area contributed by atoms with Gasteiger partial charge < -0.3 is 15.5 Å². The van der Waals surface area contributed by atoms with Crippen LogP contribution in [-0.2, 0) is 4.79 Å². The zero-order valence-corrected chi connectivity index (χ0v) is 13.2. The molecule has 0 atom stereocenters. The van der Waals surface area contributed by atoms with Crippen LogP contribution in [0, 0.1) is 0 Å². The maximum Gasteiger partial charge on any atom is 0.256 e. The molecule has 3 N–H and O–H groups in total. The van der Waals surface area contributed by atoms with Crippen LogP contribution in [0.5, 0.6) is 5.75 Å². The van der Waals surface area contributed by atoms with Crippen LogP contribution < -0.4 is 16.0 Å². The summed E-state index contributed by atoms with van der Waals surface area (Å²) >= 11 is 0. The fraction of sp³-hybridized carbons (Fsp3) is 0.412. The number of ether oxygens (including phenoxy) is 1. The number of piperidine rings is 1. The van der Waals surface area contributed by atoms with Gasteiger partial charge in [0.05, 0.1) is 13.7 Å². The van der Waals surface area contributed by atoms with Crippen LogP contribution in [0.15, 0.2) is 29.1 Å². The Labute approximate surface area is 134 Å². The fourth-order valence-corrected chi connectivity index (χ4v) is 3.24. The van der Waals surface area contributed by atoms with E-state index in [1.54, 1.807) is 19.2 Å². The summed E-state index contributed by atoms with van der Waals surface area (Å²) in [6.45, 7) is 1.93. The molecular formula is C17H21N3O3. The molecule has 1 amide bonds. The predicted octanol–water partition coefficient (Wildman–Crippen LogP) is 1.20. The number of hydrogen-bond acceptors (Lipinski definition) is 4. The Bertz CT molecular complexity index is 776. The van der Waals surface area contributed by atoms with Crippen molar-refractivity contribution < 1.29 is 9.53 Å². The molecule has 3 rings (SSSR count). The number of nitrogens with zero attached hydrogens (tertiary/aromatic N) is 1. The molecule has 0 unspecified atom stereocenters. The second-order valence-corrected chi connectivity index (χ2v) is 6.02. The van der Waals surface area contributed by atoms with Crippen LogP contribution in [0.1, 0.15) is 24.5 Å². The second kappa shape index (κ2) is 6.42. The number of nitrogens with one attached hydrogen (secondary N) is 1. The number of aromatic nitrogens is 1. The van der Waals surface area contributed by atoms with Crippen molar-refractivity contribution in [3.63, 3.8) is 0 Å². The Morgan fingerprint density at radius 2 is 2.09 bits per heavy atom. The highest BCUT2D eigenvalue weighted by Gasteiger charge is 2.22. The average Bonchev–Trinajstić information content (AvgIpc) is 2.54. The SMILES string of the molecule is COc1ccc2c(=O)[nH]c(C3CCN(CC(N)=O)CC3)cc2c1. The summed E-state index contributed by atoms with van der Waals surface area (Å²) in [4.78, 5) is 28.3. The summed E-state index contributed by atoms with van der Waals surface area (Å²) in [7, 11) is 1.61. The van der Waals surface area contributed by atoms with E-state index in [9.17, 15) is 9.59 Å². The summed E-state index contributed by atoms with van der Waals surface area (Å²) in [5.41, 5.74) is 6.12. The minimum Gasteiger partial charge on any atom is -0.497 e. The molecule has 0 bridgehead atoms. The van der Waals surface area contributed by atoms with E-state index in [2.05, 4.69) is 9.88 Å². The van der Waals surface area contributed by atoms with Crippen LogP contribution in [0.25, 0.3) is 10.8 Å². The Balaban J connectivity index is 1.83. The van der Waals surface area contributed by atoms with Crippen molar-refractivity contribution in [3.05, 3.63) is 40.3 Å². The predicted molar refractivity (Wildman–Crippen MR) is 88.7 cm³/mol. The summed E-state index contributed by atoms with van der Waals surface area (Å²) < 4.78 is 5.24. The van der Waals surface area contributed by atoms with Crippen LogP contribution in [-0.4, -0.2) is 42.5 Å². The highest BCUT2D eigenvalue weighted by molar-refractivity contribution is 5.83. The molecule has 0 spiro atoms. The first-order valence-corrected chi connectivity index (χ1v) is 7.78. The molecule has 6 heteroatoms. The van der Waals surface area contributed by atoms with Crippen molar-refractivity contribution in [2.75, 3.05) is 26.7 Å². The first kappa shape index (κ1) is 15.6. The van der Waals surface area contributed by atoms with Gasteiger partial charge in [0.1, 0.15) is 5.75 Å². The van der Waals surface area contributed by atoms with Gasteiger partial charge in [-0.15, -0.1) is 0 Å². The van der Waals surface area contributed by atoms with E-state index in [1.165, 1.54) is 0 Å². The topological polar surface area (TPSA) is 88.4 Å². The van der Waals surface area contributed by atoms with Gasteiger partial charge >= 0.3 is 0 Å². The highest BCUT2D eigenvalue weighted by atomic mass is 16.5. The van der Waals surface area contributed by atoms with Gasteiger partial charge in [-0.3, -0.25) is 14.5 Å². The largest absolute Gasteiger partial charge is 0.497 e. The van der Waals surface area contributed by atoms with Gasteiger partial charge in [-0.25, -0.2) is 0 Å².